The lowest BCUT2D eigenvalue weighted by Crippen LogP contribution is -2.30. The van der Waals surface area contributed by atoms with Gasteiger partial charge in [0.15, 0.2) is 22.9 Å². The minimum atomic E-state index is -6.03. The largest absolute Gasteiger partial charge is 0.756 e. The van der Waals surface area contributed by atoms with Crippen LogP contribution in [0.4, 0.5) is 11.6 Å². The molecule has 0 aromatic carbocycles. The molecule has 2 aliphatic heterocycles. The van der Waals surface area contributed by atoms with Crippen molar-refractivity contribution in [3.63, 3.8) is 0 Å². The second-order valence-corrected chi connectivity index (χ2v) is 15.3. The predicted octanol–water partition coefficient (Wildman–Crippen LogP) is -2.13. The van der Waals surface area contributed by atoms with Crippen LogP contribution in [0.1, 0.15) is 25.3 Å². The summed E-state index contributed by atoms with van der Waals surface area (Å²) in [5, 5.41) is 9.38. The average molecular weight is 816 g/mol. The van der Waals surface area contributed by atoms with E-state index in [0.29, 0.717) is 34.6 Å². The number of aliphatic hydroxyl groups is 1. The Morgan fingerprint density at radius 2 is 1.28 bits per heavy atom. The lowest BCUT2D eigenvalue weighted by molar-refractivity contribution is -0.250. The first kappa shape index (κ1) is 41.2. The first-order chi connectivity index (χ1) is 25.5. The van der Waals surface area contributed by atoms with Crippen molar-refractivity contribution in [2.24, 2.45) is 0 Å². The van der Waals surface area contributed by atoms with Gasteiger partial charge in [0.1, 0.15) is 61.6 Å². The summed E-state index contributed by atoms with van der Waals surface area (Å²) in [7, 11) is -17.6. The van der Waals surface area contributed by atoms with Crippen LogP contribution in [0.5, 0.6) is 0 Å². The standard InChI is InChI=1S/C13H18N5O12P3.C13H15N5O3/c1-2-3-26-8-4-10(18-7-17-11-12(14)15-6-16-13(11)18)28-9(8)5-27-32(22,23)30-33(24,25)29-31(19,20)21;1-2-3-20-8-4-10(21-9(8)5-19)18-7-17-11-12(14)15-6-16-13(11)18/h1,6-10H,3-5H2,(H,22,23)(H,24,25)(H2,14,15,16)(H2,19,20,21);1,6-10,19H,3-5H2,(H2,14,15,16)/p-3. The van der Waals surface area contributed by atoms with Gasteiger partial charge in [-0.1, -0.05) is 11.8 Å². The molecular formula is C26H30N10O15P3-3. The van der Waals surface area contributed by atoms with Crippen molar-refractivity contribution in [1.82, 2.24) is 39.0 Å². The predicted molar refractivity (Wildman–Crippen MR) is 174 cm³/mol. The Hall–Kier alpha value is -3.97. The van der Waals surface area contributed by atoms with E-state index in [4.69, 9.17) is 48.2 Å². The number of nitrogens with zero attached hydrogens (tertiary/aromatic N) is 8. The fourth-order valence-corrected chi connectivity index (χ4v) is 8.23. The first-order valence-electron chi connectivity index (χ1n) is 15.2. The third kappa shape index (κ3) is 10.2. The molecule has 0 aliphatic carbocycles. The number of aliphatic hydroxyl groups excluding tert-OH is 1. The van der Waals surface area contributed by atoms with Gasteiger partial charge in [0, 0.05) is 12.8 Å². The third-order valence-electron chi connectivity index (χ3n) is 7.50. The van der Waals surface area contributed by atoms with Gasteiger partial charge in [-0.25, -0.2) is 38.5 Å². The molecule has 25 nitrogen and oxygen atoms in total. The fraction of sp³-hybridized carbons (Fsp3) is 0.462. The Kier molecular flexibility index (Phi) is 13.1. The maximum absolute atomic E-state index is 11.8. The number of rotatable bonds is 14. The van der Waals surface area contributed by atoms with Gasteiger partial charge in [-0.15, -0.1) is 12.8 Å². The summed E-state index contributed by atoms with van der Waals surface area (Å²) >= 11 is 0. The number of aromatic nitrogens is 8. The Bertz CT molecular complexity index is 2170. The Morgan fingerprint density at radius 3 is 1.74 bits per heavy atom. The van der Waals surface area contributed by atoms with Crippen molar-refractivity contribution in [3.8, 4) is 24.7 Å². The number of imidazole rings is 2. The van der Waals surface area contributed by atoms with Gasteiger partial charge in [0.05, 0.1) is 38.1 Å². The molecule has 2 saturated heterocycles. The number of nitrogens with two attached hydrogens (primary N) is 2. The first-order valence-corrected chi connectivity index (χ1v) is 19.6. The van der Waals surface area contributed by atoms with Crippen molar-refractivity contribution >= 4 is 57.4 Å². The molecular weight excluding hydrogens is 785 g/mol. The van der Waals surface area contributed by atoms with Crippen LogP contribution in [0.15, 0.2) is 25.3 Å². The highest BCUT2D eigenvalue weighted by Crippen LogP contribution is 2.61. The zero-order valence-electron chi connectivity index (χ0n) is 27.4. The van der Waals surface area contributed by atoms with Crippen LogP contribution >= 0.6 is 23.5 Å². The number of nitrogen functional groups attached to an aromatic ring is 2. The fourth-order valence-electron chi connectivity index (χ4n) is 5.33. The van der Waals surface area contributed by atoms with Crippen LogP contribution in [-0.4, -0.2) is 99.9 Å². The maximum Gasteiger partial charge on any atom is 0.280 e. The summed E-state index contributed by atoms with van der Waals surface area (Å²) in [4.78, 5) is 66.3. The van der Waals surface area contributed by atoms with E-state index in [-0.39, 0.29) is 44.4 Å². The second-order valence-electron chi connectivity index (χ2n) is 11.0. The molecule has 2 aliphatic rings. The zero-order valence-corrected chi connectivity index (χ0v) is 30.1. The van der Waals surface area contributed by atoms with Crippen LogP contribution in [0.25, 0.3) is 22.3 Å². The smallest absolute Gasteiger partial charge is 0.280 e. The van der Waals surface area contributed by atoms with Gasteiger partial charge in [0.25, 0.3) is 23.5 Å². The molecule has 0 amide bonds. The van der Waals surface area contributed by atoms with Gasteiger partial charge in [-0.3, -0.25) is 22.8 Å². The highest BCUT2D eigenvalue weighted by Gasteiger charge is 2.40. The normalized spacial score (nSPS) is 25.9. The van der Waals surface area contributed by atoms with E-state index < -0.39 is 54.6 Å². The lowest BCUT2D eigenvalue weighted by Gasteiger charge is -2.33. The van der Waals surface area contributed by atoms with E-state index >= 15 is 0 Å². The van der Waals surface area contributed by atoms with E-state index in [2.05, 4.69) is 54.9 Å². The molecule has 6 N–H and O–H groups in total. The van der Waals surface area contributed by atoms with Crippen LogP contribution in [0.3, 0.4) is 0 Å². The summed E-state index contributed by atoms with van der Waals surface area (Å²) in [6, 6.07) is 0. The average Bonchev–Trinajstić information content (AvgIpc) is 3.89. The van der Waals surface area contributed by atoms with E-state index in [1.807, 2.05) is 0 Å². The van der Waals surface area contributed by atoms with E-state index in [9.17, 15) is 33.5 Å². The second kappa shape index (κ2) is 17.2. The topological polar surface area (TPSA) is 365 Å². The zero-order chi connectivity index (χ0) is 39.3. The molecule has 9 atom stereocenters. The number of phosphoric acid groups is 3. The molecule has 54 heavy (non-hydrogen) atoms. The van der Waals surface area contributed by atoms with Gasteiger partial charge in [0.2, 0.25) is 0 Å². The van der Waals surface area contributed by atoms with Gasteiger partial charge >= 0.3 is 0 Å². The summed E-state index contributed by atoms with van der Waals surface area (Å²) in [6.07, 6.45) is 12.8. The SMILES string of the molecule is C#CCOC1CC(n2cnc3c(N)ncnc32)OC1CO.C#CCOC1CC(n2cnc3c(N)ncnc32)OC1COP(=O)([O-])OP(=O)([O-])OP(=O)([O-])O. The summed E-state index contributed by atoms with van der Waals surface area (Å²) < 4.78 is 70.6. The number of ether oxygens (including phenoxy) is 4. The van der Waals surface area contributed by atoms with E-state index in [0.717, 1.165) is 0 Å². The Labute approximate surface area is 304 Å². The Morgan fingerprint density at radius 1 is 0.796 bits per heavy atom. The number of terminal acetylenes is 2. The number of phosphoric ester groups is 1. The van der Waals surface area contributed by atoms with Crippen molar-refractivity contribution in [2.45, 2.75) is 49.7 Å². The molecule has 0 bridgehead atoms. The molecule has 6 heterocycles. The molecule has 28 heteroatoms. The van der Waals surface area contributed by atoms with Crippen LogP contribution in [0, 0.1) is 24.7 Å². The molecule has 9 unspecified atom stereocenters. The number of anilines is 2. The molecule has 0 radical (unpaired) electrons. The molecule has 292 valence electrons. The van der Waals surface area contributed by atoms with Gasteiger partial charge in [-0.05, 0) is 0 Å². The van der Waals surface area contributed by atoms with Crippen molar-refractivity contribution in [1.29, 1.82) is 0 Å². The molecule has 0 saturated carbocycles. The van der Waals surface area contributed by atoms with Crippen molar-refractivity contribution in [2.75, 3.05) is 37.9 Å². The van der Waals surface area contributed by atoms with Gasteiger partial charge in [-0.2, -0.15) is 0 Å². The monoisotopic (exact) mass is 815 g/mol. The minimum absolute atomic E-state index is 0.121. The van der Waals surface area contributed by atoms with Gasteiger partial charge < -0.3 is 59.6 Å². The summed E-state index contributed by atoms with van der Waals surface area (Å²) in [5.74, 6) is 5.08. The van der Waals surface area contributed by atoms with Crippen molar-refractivity contribution in [3.05, 3.63) is 25.3 Å². The number of hydrogen-bond donors (Lipinski definition) is 4. The molecule has 6 rings (SSSR count). The number of fused-ring (bicyclic) bond motifs is 2. The highest BCUT2D eigenvalue weighted by molar-refractivity contribution is 7.65. The quantitative estimate of drug-likeness (QED) is 0.0780. The van der Waals surface area contributed by atoms with Crippen LogP contribution in [-0.2, 0) is 45.8 Å². The molecule has 0 spiro atoms. The number of hydrogen-bond acceptors (Lipinski definition) is 22. The summed E-state index contributed by atoms with van der Waals surface area (Å²) in [6.45, 7) is -0.946. The maximum atomic E-state index is 11.8. The Balaban J connectivity index is 0.000000228. The van der Waals surface area contributed by atoms with E-state index in [1.165, 1.54) is 23.5 Å². The van der Waals surface area contributed by atoms with Crippen molar-refractivity contribution < 1.29 is 70.5 Å². The third-order valence-corrected chi connectivity index (χ3v) is 11.2. The van der Waals surface area contributed by atoms with Crippen LogP contribution < -0.4 is 26.1 Å². The minimum Gasteiger partial charge on any atom is -0.756 e. The molecule has 2 fully saturated rings. The van der Waals surface area contributed by atoms with E-state index in [1.54, 1.807) is 10.9 Å². The van der Waals surface area contributed by atoms with Crippen LogP contribution in [0.2, 0.25) is 0 Å². The highest BCUT2D eigenvalue weighted by atomic mass is 31.3. The summed E-state index contributed by atoms with van der Waals surface area (Å²) in [5.41, 5.74) is 13.2. The molecule has 4 aromatic heterocycles. The molecule has 4 aromatic rings. The lowest BCUT2D eigenvalue weighted by atomic mass is 10.2.